The lowest BCUT2D eigenvalue weighted by Gasteiger charge is -2.34. The van der Waals surface area contributed by atoms with E-state index in [9.17, 15) is 9.65 Å². The van der Waals surface area contributed by atoms with Gasteiger partial charge in [0, 0.05) is 54.7 Å². The third-order valence-corrected chi connectivity index (χ3v) is 6.72. The molecule has 0 spiro atoms. The van der Waals surface area contributed by atoms with E-state index < -0.39 is 5.82 Å². The molecular formula is C24H21FN6S. The van der Waals surface area contributed by atoms with Crippen LogP contribution in [-0.2, 0) is 0 Å². The first-order valence-corrected chi connectivity index (χ1v) is 11.2. The number of hydrogen-bond donors (Lipinski definition) is 0. The van der Waals surface area contributed by atoms with E-state index in [1.54, 1.807) is 16.8 Å². The van der Waals surface area contributed by atoms with Gasteiger partial charge in [-0.15, -0.1) is 0 Å². The van der Waals surface area contributed by atoms with E-state index in [2.05, 4.69) is 57.3 Å². The molecule has 0 unspecified atom stereocenters. The van der Waals surface area contributed by atoms with Gasteiger partial charge in [0.05, 0.1) is 17.3 Å². The number of anilines is 1. The first kappa shape index (κ1) is 20.5. The van der Waals surface area contributed by atoms with Crippen LogP contribution in [-0.4, -0.2) is 52.7 Å². The van der Waals surface area contributed by atoms with E-state index in [4.69, 9.17) is 0 Å². The second kappa shape index (κ2) is 8.61. The zero-order chi connectivity index (χ0) is 22.1. The van der Waals surface area contributed by atoms with E-state index in [1.807, 2.05) is 12.3 Å². The van der Waals surface area contributed by atoms with Crippen LogP contribution < -0.4 is 4.90 Å². The van der Waals surface area contributed by atoms with E-state index in [1.165, 1.54) is 29.7 Å². The van der Waals surface area contributed by atoms with Gasteiger partial charge < -0.3 is 9.80 Å². The third kappa shape index (κ3) is 3.93. The highest BCUT2D eigenvalue weighted by Gasteiger charge is 2.17. The van der Waals surface area contributed by atoms with E-state index in [0.717, 1.165) is 42.2 Å². The molecule has 0 amide bonds. The Morgan fingerprint density at radius 3 is 2.56 bits per heavy atom. The summed E-state index contributed by atoms with van der Waals surface area (Å²) in [6.45, 7) is 4.15. The average molecular weight is 445 g/mol. The van der Waals surface area contributed by atoms with Crippen molar-refractivity contribution in [2.24, 2.45) is 0 Å². The Balaban J connectivity index is 1.52. The molecule has 1 fully saturated rings. The Morgan fingerprint density at radius 2 is 1.84 bits per heavy atom. The van der Waals surface area contributed by atoms with E-state index in [-0.39, 0.29) is 5.03 Å². The van der Waals surface area contributed by atoms with Crippen molar-refractivity contribution in [3.8, 4) is 17.2 Å². The molecule has 0 saturated carbocycles. The standard InChI is InChI=1S/C24H21FN6S/c1-29-9-11-30(12-10-29)20-6-4-17(5-7-20)18-13-22(32-24-21(25)3-2-8-27-24)23-19(14-26)15-28-31(23)16-18/h2-8,13,15-16H,9-12H2,1H3. The smallest absolute Gasteiger partial charge is 0.155 e. The number of pyridine rings is 2. The summed E-state index contributed by atoms with van der Waals surface area (Å²) in [4.78, 5) is 9.62. The van der Waals surface area contributed by atoms with Crippen LogP contribution in [0.15, 0.2) is 71.0 Å². The summed E-state index contributed by atoms with van der Waals surface area (Å²) in [7, 11) is 2.15. The lowest BCUT2D eigenvalue weighted by molar-refractivity contribution is 0.313. The molecule has 0 bridgehead atoms. The van der Waals surface area contributed by atoms with Crippen molar-refractivity contribution in [3.05, 3.63) is 72.4 Å². The van der Waals surface area contributed by atoms with Gasteiger partial charge in [0.1, 0.15) is 11.1 Å². The minimum absolute atomic E-state index is 0.266. The van der Waals surface area contributed by atoms with Gasteiger partial charge in [0.15, 0.2) is 5.82 Å². The summed E-state index contributed by atoms with van der Waals surface area (Å²) in [5.41, 5.74) is 4.27. The molecule has 4 heterocycles. The molecule has 32 heavy (non-hydrogen) atoms. The van der Waals surface area contributed by atoms with Crippen molar-refractivity contribution in [2.75, 3.05) is 38.1 Å². The minimum atomic E-state index is -0.393. The monoisotopic (exact) mass is 444 g/mol. The number of piperazine rings is 1. The van der Waals surface area contributed by atoms with Crippen LogP contribution in [0.1, 0.15) is 5.56 Å². The molecular weight excluding hydrogens is 423 g/mol. The highest BCUT2D eigenvalue weighted by atomic mass is 32.2. The van der Waals surface area contributed by atoms with E-state index >= 15 is 0 Å². The predicted octanol–water partition coefficient (Wildman–Crippen LogP) is 4.31. The van der Waals surface area contributed by atoms with Crippen molar-refractivity contribution in [3.63, 3.8) is 0 Å². The van der Waals surface area contributed by atoms with Crippen molar-refractivity contribution >= 4 is 23.0 Å². The number of nitrogens with zero attached hydrogens (tertiary/aromatic N) is 6. The molecule has 3 aromatic heterocycles. The van der Waals surface area contributed by atoms with Crippen molar-refractivity contribution in [1.82, 2.24) is 19.5 Å². The van der Waals surface area contributed by atoms with Crippen LogP contribution in [0.4, 0.5) is 10.1 Å². The number of aromatic nitrogens is 3. The molecule has 4 aromatic rings. The number of fused-ring (bicyclic) bond motifs is 1. The van der Waals surface area contributed by atoms with Crippen LogP contribution >= 0.6 is 11.8 Å². The number of halogens is 1. The Bertz CT molecular complexity index is 1300. The lowest BCUT2D eigenvalue weighted by Crippen LogP contribution is -2.44. The number of hydrogen-bond acceptors (Lipinski definition) is 6. The highest BCUT2D eigenvalue weighted by molar-refractivity contribution is 7.99. The van der Waals surface area contributed by atoms with Crippen LogP contribution in [0.2, 0.25) is 0 Å². The summed E-state index contributed by atoms with van der Waals surface area (Å²) in [6, 6.07) is 15.6. The average Bonchev–Trinajstić information content (AvgIpc) is 3.25. The van der Waals surface area contributed by atoms with Crippen LogP contribution in [0.5, 0.6) is 0 Å². The summed E-state index contributed by atoms with van der Waals surface area (Å²) in [5, 5.41) is 14.1. The van der Waals surface area contributed by atoms with Crippen LogP contribution in [0.3, 0.4) is 0 Å². The molecule has 0 radical (unpaired) electrons. The fraction of sp³-hybridized carbons (Fsp3) is 0.208. The lowest BCUT2D eigenvalue weighted by atomic mass is 10.1. The molecule has 5 rings (SSSR count). The number of rotatable bonds is 4. The quantitative estimate of drug-likeness (QED) is 0.468. The molecule has 1 aromatic carbocycles. The zero-order valence-corrected chi connectivity index (χ0v) is 18.4. The fourth-order valence-corrected chi connectivity index (χ4v) is 4.86. The van der Waals surface area contributed by atoms with E-state index in [0.29, 0.717) is 11.1 Å². The summed E-state index contributed by atoms with van der Waals surface area (Å²) < 4.78 is 16.0. The maximum atomic E-state index is 14.3. The second-order valence-electron chi connectivity index (χ2n) is 7.79. The first-order chi connectivity index (χ1) is 15.6. The zero-order valence-electron chi connectivity index (χ0n) is 17.6. The van der Waals surface area contributed by atoms with Crippen molar-refractivity contribution in [2.45, 2.75) is 9.92 Å². The molecule has 1 aliphatic rings. The van der Waals surface area contributed by atoms with Crippen molar-refractivity contribution < 1.29 is 4.39 Å². The van der Waals surface area contributed by atoms with Gasteiger partial charge in [0.2, 0.25) is 0 Å². The Hall–Kier alpha value is -3.41. The molecule has 0 atom stereocenters. The second-order valence-corrected chi connectivity index (χ2v) is 8.82. The van der Waals surface area contributed by atoms with Gasteiger partial charge in [-0.1, -0.05) is 23.9 Å². The highest BCUT2D eigenvalue weighted by Crippen LogP contribution is 2.36. The van der Waals surface area contributed by atoms with Gasteiger partial charge in [-0.05, 0) is 42.9 Å². The normalized spacial score (nSPS) is 14.6. The van der Waals surface area contributed by atoms with Gasteiger partial charge >= 0.3 is 0 Å². The Kier molecular flexibility index (Phi) is 5.52. The summed E-state index contributed by atoms with van der Waals surface area (Å²) in [5.74, 6) is -0.393. The Morgan fingerprint density at radius 1 is 1.06 bits per heavy atom. The van der Waals surface area contributed by atoms with Gasteiger partial charge in [-0.25, -0.2) is 13.9 Å². The third-order valence-electron chi connectivity index (χ3n) is 5.70. The maximum absolute atomic E-state index is 14.3. The van der Waals surface area contributed by atoms with Crippen LogP contribution in [0.25, 0.3) is 16.6 Å². The fourth-order valence-electron chi connectivity index (χ4n) is 3.88. The Labute approximate surface area is 189 Å². The molecule has 6 nitrogen and oxygen atoms in total. The maximum Gasteiger partial charge on any atom is 0.155 e. The minimum Gasteiger partial charge on any atom is -0.369 e. The van der Waals surface area contributed by atoms with Crippen LogP contribution in [0, 0.1) is 17.1 Å². The molecule has 0 N–H and O–H groups in total. The topological polar surface area (TPSA) is 60.5 Å². The van der Waals surface area contributed by atoms with Gasteiger partial charge in [0.25, 0.3) is 0 Å². The SMILES string of the molecule is CN1CCN(c2ccc(-c3cc(Sc4ncccc4F)c4c(C#N)cnn4c3)cc2)CC1. The molecule has 8 heteroatoms. The summed E-state index contributed by atoms with van der Waals surface area (Å²) >= 11 is 1.20. The molecule has 1 aliphatic heterocycles. The predicted molar refractivity (Wildman–Crippen MR) is 123 cm³/mol. The van der Waals surface area contributed by atoms with Gasteiger partial charge in [-0.2, -0.15) is 10.4 Å². The first-order valence-electron chi connectivity index (χ1n) is 10.4. The molecule has 0 aliphatic carbocycles. The molecule has 1 saturated heterocycles. The number of nitriles is 1. The number of likely N-dealkylation sites (N-methyl/N-ethyl adjacent to an activating group) is 1. The number of benzene rings is 1. The largest absolute Gasteiger partial charge is 0.369 e. The summed E-state index contributed by atoms with van der Waals surface area (Å²) in [6.07, 6.45) is 5.00. The van der Waals surface area contributed by atoms with Crippen molar-refractivity contribution in [1.29, 1.82) is 5.26 Å². The molecule has 160 valence electrons. The van der Waals surface area contributed by atoms with Gasteiger partial charge in [-0.3, -0.25) is 0 Å².